The molecule has 0 atom stereocenters. The normalized spacial score (nSPS) is 10.2. The molecule has 0 fully saturated rings. The maximum absolute atomic E-state index is 12.6. The van der Waals surface area contributed by atoms with Crippen molar-refractivity contribution < 1.29 is 19.1 Å². The number of rotatable bonds is 9. The largest absolute Gasteiger partial charge is 0.484 e. The predicted molar refractivity (Wildman–Crippen MR) is 100 cm³/mol. The fourth-order valence-corrected chi connectivity index (χ4v) is 2.45. The Morgan fingerprint density at radius 3 is 2.38 bits per heavy atom. The van der Waals surface area contributed by atoms with Gasteiger partial charge < -0.3 is 14.4 Å². The van der Waals surface area contributed by atoms with Crippen molar-refractivity contribution in [2.75, 3.05) is 19.8 Å². The SMILES string of the molecule is CCOC(=O)CCN(Cc1ccccc1)C(=O)COc1ccc(Cl)cc1. The average Bonchev–Trinajstić information content (AvgIpc) is 2.65. The molecule has 0 N–H and O–H groups in total. The predicted octanol–water partition coefficient (Wildman–Crippen LogP) is 3.70. The zero-order valence-corrected chi connectivity index (χ0v) is 15.4. The summed E-state index contributed by atoms with van der Waals surface area (Å²) in [6.07, 6.45) is 0.146. The third-order valence-corrected chi connectivity index (χ3v) is 3.89. The molecule has 0 heterocycles. The quantitative estimate of drug-likeness (QED) is 0.627. The molecule has 0 radical (unpaired) electrons. The molecule has 0 saturated heterocycles. The summed E-state index contributed by atoms with van der Waals surface area (Å²) in [4.78, 5) is 25.8. The number of hydrogen-bond donors (Lipinski definition) is 0. The van der Waals surface area contributed by atoms with Crippen LogP contribution in [0.15, 0.2) is 54.6 Å². The Morgan fingerprint density at radius 2 is 1.73 bits per heavy atom. The maximum Gasteiger partial charge on any atom is 0.307 e. The van der Waals surface area contributed by atoms with Crippen LogP contribution in [-0.2, 0) is 20.9 Å². The summed E-state index contributed by atoms with van der Waals surface area (Å²) in [5.41, 5.74) is 0.983. The molecule has 0 aliphatic heterocycles. The van der Waals surface area contributed by atoms with E-state index in [1.807, 2.05) is 30.3 Å². The first-order valence-corrected chi connectivity index (χ1v) is 8.82. The molecule has 0 unspecified atom stereocenters. The second kappa shape index (κ2) is 10.5. The molecule has 0 bridgehead atoms. The van der Waals surface area contributed by atoms with Crippen molar-refractivity contribution >= 4 is 23.5 Å². The molecule has 6 heteroatoms. The number of hydrogen-bond acceptors (Lipinski definition) is 4. The number of benzene rings is 2. The third-order valence-electron chi connectivity index (χ3n) is 3.64. The van der Waals surface area contributed by atoms with E-state index in [-0.39, 0.29) is 31.4 Å². The third kappa shape index (κ3) is 6.76. The van der Waals surface area contributed by atoms with Gasteiger partial charge in [-0.05, 0) is 36.8 Å². The first-order chi connectivity index (χ1) is 12.6. The van der Waals surface area contributed by atoms with Crippen LogP contribution in [0.2, 0.25) is 5.02 Å². The van der Waals surface area contributed by atoms with Crippen LogP contribution in [0.3, 0.4) is 0 Å². The summed E-state index contributed by atoms with van der Waals surface area (Å²) < 4.78 is 10.5. The lowest BCUT2D eigenvalue weighted by Gasteiger charge is -2.22. The highest BCUT2D eigenvalue weighted by Crippen LogP contribution is 2.16. The zero-order chi connectivity index (χ0) is 18.8. The Balaban J connectivity index is 1.97. The number of halogens is 1. The van der Waals surface area contributed by atoms with Crippen molar-refractivity contribution in [3.05, 3.63) is 65.2 Å². The Kier molecular flexibility index (Phi) is 7.96. The summed E-state index contributed by atoms with van der Waals surface area (Å²) in [7, 11) is 0. The number of esters is 1. The Bertz CT molecular complexity index is 704. The standard InChI is InChI=1S/C20H22ClNO4/c1-2-25-20(24)12-13-22(14-16-6-4-3-5-7-16)19(23)15-26-18-10-8-17(21)9-11-18/h3-11H,2,12-15H2,1H3. The molecule has 26 heavy (non-hydrogen) atoms. The van der Waals surface area contributed by atoms with Crippen LogP contribution in [0.25, 0.3) is 0 Å². The van der Waals surface area contributed by atoms with Gasteiger partial charge in [0.15, 0.2) is 6.61 Å². The molecule has 2 rings (SSSR count). The number of ether oxygens (including phenoxy) is 2. The first kappa shape index (κ1) is 19.8. The molecule has 0 aliphatic rings. The van der Waals surface area contributed by atoms with Gasteiger partial charge in [-0.15, -0.1) is 0 Å². The van der Waals surface area contributed by atoms with E-state index in [9.17, 15) is 9.59 Å². The summed E-state index contributed by atoms with van der Waals surface area (Å²) in [6.45, 7) is 2.65. The van der Waals surface area contributed by atoms with Gasteiger partial charge in [0, 0.05) is 18.1 Å². The minimum atomic E-state index is -0.322. The number of carbonyl (C=O) groups is 2. The van der Waals surface area contributed by atoms with Gasteiger partial charge in [0.05, 0.1) is 13.0 Å². The van der Waals surface area contributed by atoms with E-state index in [0.717, 1.165) is 5.56 Å². The lowest BCUT2D eigenvalue weighted by atomic mass is 10.2. The van der Waals surface area contributed by atoms with Crippen molar-refractivity contribution in [2.24, 2.45) is 0 Å². The zero-order valence-electron chi connectivity index (χ0n) is 14.7. The summed E-state index contributed by atoms with van der Waals surface area (Å²) in [5.74, 6) is 0.0397. The molecule has 0 aromatic heterocycles. The second-order valence-corrected chi connectivity index (χ2v) is 6.03. The molecule has 0 spiro atoms. The van der Waals surface area contributed by atoms with E-state index in [2.05, 4.69) is 0 Å². The lowest BCUT2D eigenvalue weighted by molar-refractivity contribution is -0.144. The van der Waals surface area contributed by atoms with Crippen molar-refractivity contribution in [1.29, 1.82) is 0 Å². The van der Waals surface area contributed by atoms with E-state index in [0.29, 0.717) is 23.9 Å². The van der Waals surface area contributed by atoms with Crippen LogP contribution in [0.4, 0.5) is 0 Å². The molecule has 138 valence electrons. The van der Waals surface area contributed by atoms with E-state index in [1.54, 1.807) is 36.1 Å². The average molecular weight is 376 g/mol. The van der Waals surface area contributed by atoms with Gasteiger partial charge in [-0.3, -0.25) is 9.59 Å². The molecule has 0 aliphatic carbocycles. The van der Waals surface area contributed by atoms with Crippen molar-refractivity contribution in [3.8, 4) is 5.75 Å². The summed E-state index contributed by atoms with van der Waals surface area (Å²) in [6, 6.07) is 16.4. The maximum atomic E-state index is 12.6. The van der Waals surface area contributed by atoms with E-state index < -0.39 is 0 Å². The monoisotopic (exact) mass is 375 g/mol. The van der Waals surface area contributed by atoms with Crippen LogP contribution < -0.4 is 4.74 Å². The number of nitrogens with zero attached hydrogens (tertiary/aromatic N) is 1. The molecule has 2 aromatic rings. The topological polar surface area (TPSA) is 55.8 Å². The van der Waals surface area contributed by atoms with Gasteiger partial charge in [-0.1, -0.05) is 41.9 Å². The van der Waals surface area contributed by atoms with Gasteiger partial charge >= 0.3 is 5.97 Å². The second-order valence-electron chi connectivity index (χ2n) is 5.60. The Morgan fingerprint density at radius 1 is 1.04 bits per heavy atom. The smallest absolute Gasteiger partial charge is 0.307 e. The fraction of sp³-hybridized carbons (Fsp3) is 0.300. The summed E-state index contributed by atoms with van der Waals surface area (Å²) >= 11 is 5.84. The molecular weight excluding hydrogens is 354 g/mol. The highest BCUT2D eigenvalue weighted by atomic mass is 35.5. The van der Waals surface area contributed by atoms with E-state index >= 15 is 0 Å². The lowest BCUT2D eigenvalue weighted by Crippen LogP contribution is -2.36. The molecule has 2 aromatic carbocycles. The minimum Gasteiger partial charge on any atom is -0.484 e. The van der Waals surface area contributed by atoms with Gasteiger partial charge in [-0.25, -0.2) is 0 Å². The van der Waals surface area contributed by atoms with Gasteiger partial charge in [0.2, 0.25) is 0 Å². The summed E-state index contributed by atoms with van der Waals surface area (Å²) in [5, 5.41) is 0.601. The van der Waals surface area contributed by atoms with E-state index in [4.69, 9.17) is 21.1 Å². The highest BCUT2D eigenvalue weighted by Gasteiger charge is 2.17. The minimum absolute atomic E-state index is 0.114. The molecule has 1 amide bonds. The van der Waals surface area contributed by atoms with Crippen LogP contribution >= 0.6 is 11.6 Å². The highest BCUT2D eigenvalue weighted by molar-refractivity contribution is 6.30. The number of carbonyl (C=O) groups excluding carboxylic acids is 2. The molecule has 0 saturated carbocycles. The fourth-order valence-electron chi connectivity index (χ4n) is 2.32. The van der Waals surface area contributed by atoms with Crippen LogP contribution in [0.5, 0.6) is 5.75 Å². The van der Waals surface area contributed by atoms with Crippen molar-refractivity contribution in [3.63, 3.8) is 0 Å². The van der Waals surface area contributed by atoms with Crippen LogP contribution in [-0.4, -0.2) is 36.5 Å². The van der Waals surface area contributed by atoms with Gasteiger partial charge in [0.1, 0.15) is 5.75 Å². The van der Waals surface area contributed by atoms with Crippen LogP contribution in [0, 0.1) is 0 Å². The molecule has 5 nitrogen and oxygen atoms in total. The van der Waals surface area contributed by atoms with Gasteiger partial charge in [0.25, 0.3) is 5.91 Å². The van der Waals surface area contributed by atoms with Gasteiger partial charge in [-0.2, -0.15) is 0 Å². The molecular formula is C20H22ClNO4. The Hall–Kier alpha value is -2.53. The first-order valence-electron chi connectivity index (χ1n) is 8.44. The van der Waals surface area contributed by atoms with Crippen molar-refractivity contribution in [2.45, 2.75) is 19.9 Å². The van der Waals surface area contributed by atoms with Crippen LogP contribution in [0.1, 0.15) is 18.9 Å². The number of amides is 1. The van der Waals surface area contributed by atoms with E-state index in [1.165, 1.54) is 0 Å². The Labute approximate surface area is 158 Å². The van der Waals surface area contributed by atoms with Crippen molar-refractivity contribution in [1.82, 2.24) is 4.90 Å².